The summed E-state index contributed by atoms with van der Waals surface area (Å²) < 4.78 is 0. The van der Waals surface area contributed by atoms with Gasteiger partial charge < -0.3 is 0 Å². The van der Waals surface area contributed by atoms with Gasteiger partial charge in [0.1, 0.15) is 0 Å². The van der Waals surface area contributed by atoms with Crippen LogP contribution in [0.2, 0.25) is 0 Å². The number of unbranched alkanes of at least 4 members (excludes halogenated alkanes) is 5. The topological polar surface area (TPSA) is 0 Å². The van der Waals surface area contributed by atoms with Crippen LogP contribution in [0, 0.1) is 0 Å². The molecule has 0 unspecified atom stereocenters. The standard InChI is InChI=1S/C14H26/c1-4-6-8-9-10-11-13-14(3)12-7-5-2/h4H,1,3,5-13H2,2H3. The molecule has 82 valence electrons. The zero-order chi connectivity index (χ0) is 10.6. The fourth-order valence-corrected chi connectivity index (χ4v) is 1.57. The highest BCUT2D eigenvalue weighted by molar-refractivity contribution is 4.93. The van der Waals surface area contributed by atoms with E-state index in [0.717, 1.165) is 0 Å². The Morgan fingerprint density at radius 3 is 2.29 bits per heavy atom. The summed E-state index contributed by atoms with van der Waals surface area (Å²) in [6.07, 6.45) is 13.6. The lowest BCUT2D eigenvalue weighted by atomic mass is 10.0. The Hall–Kier alpha value is -0.520. The fraction of sp³-hybridized carbons (Fsp3) is 0.714. The van der Waals surface area contributed by atoms with E-state index in [2.05, 4.69) is 20.1 Å². The molecule has 0 amide bonds. The van der Waals surface area contributed by atoms with Gasteiger partial charge in [0.25, 0.3) is 0 Å². The van der Waals surface area contributed by atoms with E-state index in [0.29, 0.717) is 0 Å². The number of rotatable bonds is 10. The van der Waals surface area contributed by atoms with Gasteiger partial charge in [0, 0.05) is 0 Å². The van der Waals surface area contributed by atoms with Gasteiger partial charge >= 0.3 is 0 Å². The number of hydrogen-bond donors (Lipinski definition) is 0. The monoisotopic (exact) mass is 194 g/mol. The lowest BCUT2D eigenvalue weighted by molar-refractivity contribution is 0.631. The van der Waals surface area contributed by atoms with Gasteiger partial charge in [-0.05, 0) is 38.5 Å². The first-order chi connectivity index (χ1) is 6.81. The molecule has 0 nitrogen and oxygen atoms in total. The smallest absolute Gasteiger partial charge is 0.0323 e. The second kappa shape index (κ2) is 10.6. The van der Waals surface area contributed by atoms with Crippen molar-refractivity contribution in [2.45, 2.75) is 64.7 Å². The molecule has 0 rings (SSSR count). The third-order valence-corrected chi connectivity index (χ3v) is 2.57. The predicted molar refractivity (Wildman–Crippen MR) is 66.6 cm³/mol. The molecule has 0 aliphatic carbocycles. The molecule has 0 saturated carbocycles. The Morgan fingerprint density at radius 1 is 1.00 bits per heavy atom. The van der Waals surface area contributed by atoms with E-state index in [4.69, 9.17) is 0 Å². The second-order valence-electron chi connectivity index (χ2n) is 4.10. The normalized spacial score (nSPS) is 10.1. The molecule has 0 aliphatic rings. The van der Waals surface area contributed by atoms with Crippen molar-refractivity contribution >= 4 is 0 Å². The van der Waals surface area contributed by atoms with Gasteiger partial charge in [-0.2, -0.15) is 0 Å². The van der Waals surface area contributed by atoms with E-state index in [1.807, 2.05) is 6.08 Å². The van der Waals surface area contributed by atoms with Crippen LogP contribution in [0.1, 0.15) is 64.7 Å². The minimum Gasteiger partial charge on any atom is -0.103 e. The minimum atomic E-state index is 1.18. The molecule has 0 fully saturated rings. The quantitative estimate of drug-likeness (QED) is 0.329. The number of hydrogen-bond acceptors (Lipinski definition) is 0. The highest BCUT2D eigenvalue weighted by atomic mass is 14.0. The molecule has 0 heterocycles. The SMILES string of the molecule is C=CCCCCCCC(=C)CCCC. The Labute approximate surface area is 90.1 Å². The van der Waals surface area contributed by atoms with Crippen LogP contribution in [0.25, 0.3) is 0 Å². The Bertz CT molecular complexity index is 144. The third kappa shape index (κ3) is 9.57. The first-order valence-corrected chi connectivity index (χ1v) is 6.08. The fourth-order valence-electron chi connectivity index (χ4n) is 1.57. The summed E-state index contributed by atoms with van der Waals surface area (Å²) in [7, 11) is 0. The van der Waals surface area contributed by atoms with Gasteiger partial charge in [0.2, 0.25) is 0 Å². The van der Waals surface area contributed by atoms with Crippen LogP contribution in [0.15, 0.2) is 24.8 Å². The molecule has 0 N–H and O–H groups in total. The first kappa shape index (κ1) is 13.5. The molecule has 0 aromatic rings. The lowest BCUT2D eigenvalue weighted by Crippen LogP contribution is -1.84. The van der Waals surface area contributed by atoms with E-state index in [1.165, 1.54) is 63.4 Å². The molecule has 0 radical (unpaired) electrons. The largest absolute Gasteiger partial charge is 0.103 e. The van der Waals surface area contributed by atoms with Crippen molar-refractivity contribution < 1.29 is 0 Å². The predicted octanol–water partition coefficient (Wildman–Crippen LogP) is 5.26. The van der Waals surface area contributed by atoms with Crippen molar-refractivity contribution in [3.8, 4) is 0 Å². The molecule has 0 atom stereocenters. The van der Waals surface area contributed by atoms with E-state index in [-0.39, 0.29) is 0 Å². The summed E-state index contributed by atoms with van der Waals surface area (Å²) in [5, 5.41) is 0. The summed E-state index contributed by atoms with van der Waals surface area (Å²) in [5.74, 6) is 0. The van der Waals surface area contributed by atoms with Gasteiger partial charge in [-0.15, -0.1) is 6.58 Å². The molecule has 0 saturated heterocycles. The first-order valence-electron chi connectivity index (χ1n) is 6.08. The Morgan fingerprint density at radius 2 is 1.64 bits per heavy atom. The summed E-state index contributed by atoms with van der Waals surface area (Å²) >= 11 is 0. The van der Waals surface area contributed by atoms with Gasteiger partial charge in [0.05, 0.1) is 0 Å². The van der Waals surface area contributed by atoms with Crippen LogP contribution in [0.3, 0.4) is 0 Å². The van der Waals surface area contributed by atoms with Gasteiger partial charge in [-0.3, -0.25) is 0 Å². The average molecular weight is 194 g/mol. The van der Waals surface area contributed by atoms with Crippen LogP contribution < -0.4 is 0 Å². The molecule has 0 aliphatic heterocycles. The molecular formula is C14H26. The second-order valence-corrected chi connectivity index (χ2v) is 4.10. The summed E-state index contributed by atoms with van der Waals surface area (Å²) in [6, 6.07) is 0. The van der Waals surface area contributed by atoms with Crippen LogP contribution in [0.4, 0.5) is 0 Å². The molecule has 0 heteroatoms. The molecule has 0 spiro atoms. The van der Waals surface area contributed by atoms with Gasteiger partial charge in [0.15, 0.2) is 0 Å². The maximum Gasteiger partial charge on any atom is -0.0323 e. The Balaban J connectivity index is 3.10. The average Bonchev–Trinajstić information content (AvgIpc) is 2.20. The van der Waals surface area contributed by atoms with E-state index >= 15 is 0 Å². The van der Waals surface area contributed by atoms with Gasteiger partial charge in [-0.1, -0.05) is 44.4 Å². The van der Waals surface area contributed by atoms with Gasteiger partial charge in [-0.25, -0.2) is 0 Å². The zero-order valence-corrected chi connectivity index (χ0v) is 9.86. The molecule has 14 heavy (non-hydrogen) atoms. The van der Waals surface area contributed by atoms with Crippen molar-refractivity contribution in [3.05, 3.63) is 24.8 Å². The van der Waals surface area contributed by atoms with Crippen LogP contribution in [-0.2, 0) is 0 Å². The van der Waals surface area contributed by atoms with Crippen molar-refractivity contribution in [1.82, 2.24) is 0 Å². The number of allylic oxidation sites excluding steroid dienone is 2. The van der Waals surface area contributed by atoms with Crippen LogP contribution >= 0.6 is 0 Å². The van der Waals surface area contributed by atoms with Crippen molar-refractivity contribution in [2.24, 2.45) is 0 Å². The minimum absolute atomic E-state index is 1.18. The molecule has 0 aromatic carbocycles. The molecule has 0 aromatic heterocycles. The summed E-state index contributed by atoms with van der Waals surface area (Å²) in [5.41, 5.74) is 1.45. The van der Waals surface area contributed by atoms with Crippen LogP contribution in [0.5, 0.6) is 0 Å². The summed E-state index contributed by atoms with van der Waals surface area (Å²) in [4.78, 5) is 0. The van der Waals surface area contributed by atoms with Crippen molar-refractivity contribution in [1.29, 1.82) is 0 Å². The lowest BCUT2D eigenvalue weighted by Gasteiger charge is -2.04. The van der Waals surface area contributed by atoms with Crippen molar-refractivity contribution in [2.75, 3.05) is 0 Å². The highest BCUT2D eigenvalue weighted by Gasteiger charge is 1.94. The maximum atomic E-state index is 4.11. The Kier molecular flexibility index (Phi) is 10.2. The van der Waals surface area contributed by atoms with Crippen LogP contribution in [-0.4, -0.2) is 0 Å². The van der Waals surface area contributed by atoms with Crippen molar-refractivity contribution in [3.63, 3.8) is 0 Å². The van der Waals surface area contributed by atoms with E-state index in [1.54, 1.807) is 0 Å². The molecule has 0 bridgehead atoms. The zero-order valence-electron chi connectivity index (χ0n) is 9.86. The molecular weight excluding hydrogens is 168 g/mol. The van der Waals surface area contributed by atoms with E-state index in [9.17, 15) is 0 Å². The summed E-state index contributed by atoms with van der Waals surface area (Å²) in [6.45, 7) is 10.1. The maximum absolute atomic E-state index is 4.11. The van der Waals surface area contributed by atoms with E-state index < -0.39 is 0 Å². The third-order valence-electron chi connectivity index (χ3n) is 2.57. The highest BCUT2D eigenvalue weighted by Crippen LogP contribution is 2.14.